The summed E-state index contributed by atoms with van der Waals surface area (Å²) in [6.45, 7) is 1.33. The first kappa shape index (κ1) is 24.6. The van der Waals surface area contributed by atoms with Gasteiger partial charge in [0.2, 0.25) is 0 Å². The molecule has 0 amide bonds. The largest absolute Gasteiger partial charge is 0.507 e. The third-order valence-electron chi connectivity index (χ3n) is 5.45. The van der Waals surface area contributed by atoms with Gasteiger partial charge in [-0.3, -0.25) is 4.52 Å². The van der Waals surface area contributed by atoms with Gasteiger partial charge in [-0.15, -0.1) is 11.8 Å². The van der Waals surface area contributed by atoms with E-state index in [0.717, 1.165) is 29.9 Å². The van der Waals surface area contributed by atoms with Crippen LogP contribution in [0.15, 0.2) is 77.7 Å². The molecule has 1 aliphatic heterocycles. The van der Waals surface area contributed by atoms with E-state index in [1.807, 2.05) is 37.2 Å². The molecule has 1 heterocycles. The van der Waals surface area contributed by atoms with Gasteiger partial charge in [-0.05, 0) is 80.7 Å². The van der Waals surface area contributed by atoms with Gasteiger partial charge in [0.25, 0.3) is 0 Å². The summed E-state index contributed by atoms with van der Waals surface area (Å²) in [5.41, 5.74) is 2.63. The number of nitrogens with zero attached hydrogens (tertiary/aromatic N) is 1. The summed E-state index contributed by atoms with van der Waals surface area (Å²) in [5.74, 6) is 2.12. The fourth-order valence-corrected chi connectivity index (χ4v) is 5.72. The molecule has 8 heteroatoms. The zero-order chi connectivity index (χ0) is 24.1. The standard InChI is InChI=1S/C26H28NO5PS/c1-27(2)16-17-31-20-11-13-22(14-12-20)33(29,30)32-21-9-7-19(8-10-21)26(28)24-15-18-34-25-6-4-3-5-23(24)25/h3-14,29-30H,15-18H2,1-2H3/p+1. The second-order valence-electron chi connectivity index (χ2n) is 8.23. The number of allylic oxidation sites excluding steroid dienone is 1. The molecular formula is C26H29NO5PS+. The van der Waals surface area contributed by atoms with E-state index in [1.165, 1.54) is 4.90 Å². The minimum Gasteiger partial charge on any atom is -0.507 e. The maximum absolute atomic E-state index is 10.9. The first-order valence-electron chi connectivity index (χ1n) is 11.0. The SMILES string of the molecule is CN(C)CCOc1ccc([P+](O)(O)Oc2ccc(C(O)=C3CCSc4ccccc43)cc2)cc1. The molecule has 3 N–H and O–H groups in total. The van der Waals surface area contributed by atoms with E-state index in [2.05, 4.69) is 6.07 Å². The lowest BCUT2D eigenvalue weighted by Gasteiger charge is -2.20. The second-order valence-corrected chi connectivity index (χ2v) is 11.2. The van der Waals surface area contributed by atoms with Crippen LogP contribution >= 0.6 is 19.7 Å². The van der Waals surface area contributed by atoms with Crippen LogP contribution in [0.4, 0.5) is 0 Å². The van der Waals surface area contributed by atoms with Crippen molar-refractivity contribution in [3.05, 3.63) is 83.9 Å². The molecular weight excluding hydrogens is 469 g/mol. The lowest BCUT2D eigenvalue weighted by atomic mass is 9.98. The minimum atomic E-state index is -3.83. The molecule has 0 saturated heterocycles. The van der Waals surface area contributed by atoms with Crippen LogP contribution in [-0.4, -0.2) is 52.8 Å². The molecule has 3 aromatic carbocycles. The molecule has 1 aliphatic rings. The van der Waals surface area contributed by atoms with Crippen molar-refractivity contribution < 1.29 is 24.2 Å². The van der Waals surface area contributed by atoms with Crippen molar-refractivity contribution in [2.24, 2.45) is 0 Å². The average Bonchev–Trinajstić information content (AvgIpc) is 2.83. The number of ether oxygens (including phenoxy) is 1. The van der Waals surface area contributed by atoms with Gasteiger partial charge in [0.15, 0.2) is 11.1 Å². The maximum atomic E-state index is 10.9. The number of thioether (sulfide) groups is 1. The van der Waals surface area contributed by atoms with Gasteiger partial charge in [0.05, 0.1) is 0 Å². The minimum absolute atomic E-state index is 0.234. The average molecular weight is 499 g/mol. The molecule has 0 saturated carbocycles. The summed E-state index contributed by atoms with van der Waals surface area (Å²) in [6.07, 6.45) is 0.780. The van der Waals surface area contributed by atoms with Crippen LogP contribution in [-0.2, 0) is 0 Å². The lowest BCUT2D eigenvalue weighted by Crippen LogP contribution is -2.19. The van der Waals surface area contributed by atoms with Crippen LogP contribution in [0, 0.1) is 0 Å². The Morgan fingerprint density at radius 3 is 2.32 bits per heavy atom. The maximum Gasteiger partial charge on any atom is 0.487 e. The summed E-state index contributed by atoms with van der Waals surface area (Å²) in [6, 6.07) is 21.4. The molecule has 0 radical (unpaired) electrons. The Hall–Kier alpha value is -2.54. The fraction of sp³-hybridized carbons (Fsp3) is 0.231. The van der Waals surface area contributed by atoms with Crippen LogP contribution in [0.5, 0.6) is 11.5 Å². The van der Waals surface area contributed by atoms with E-state index >= 15 is 0 Å². The quantitative estimate of drug-likeness (QED) is 0.298. The van der Waals surface area contributed by atoms with Gasteiger partial charge in [-0.2, -0.15) is 9.79 Å². The normalized spacial score (nSPS) is 15.1. The highest BCUT2D eigenvalue weighted by atomic mass is 32.2. The highest BCUT2D eigenvalue weighted by Crippen LogP contribution is 2.50. The third kappa shape index (κ3) is 5.93. The molecule has 0 spiro atoms. The Morgan fingerprint density at radius 2 is 1.62 bits per heavy atom. The number of hydrogen-bond acceptors (Lipinski definition) is 7. The number of likely N-dealkylation sites (N-methyl/N-ethyl adjacent to an activating group) is 1. The van der Waals surface area contributed by atoms with Crippen LogP contribution in [0.1, 0.15) is 17.5 Å². The number of aliphatic hydroxyl groups is 1. The Kier molecular flexibility index (Phi) is 7.81. The topological polar surface area (TPSA) is 82.4 Å². The summed E-state index contributed by atoms with van der Waals surface area (Å²) in [5, 5.41) is 11.2. The number of aliphatic hydroxyl groups excluding tert-OH is 1. The number of benzene rings is 3. The predicted molar refractivity (Wildman–Crippen MR) is 140 cm³/mol. The molecule has 0 bridgehead atoms. The van der Waals surface area contributed by atoms with Crippen LogP contribution in [0.25, 0.3) is 11.3 Å². The van der Waals surface area contributed by atoms with Gasteiger partial charge in [0, 0.05) is 28.3 Å². The number of rotatable bonds is 8. The summed E-state index contributed by atoms with van der Waals surface area (Å²) >= 11 is 1.79. The highest BCUT2D eigenvalue weighted by Gasteiger charge is 2.41. The first-order chi connectivity index (χ1) is 16.3. The number of fused-ring (bicyclic) bond motifs is 1. The van der Waals surface area contributed by atoms with Gasteiger partial charge < -0.3 is 14.7 Å². The summed E-state index contributed by atoms with van der Waals surface area (Å²) in [4.78, 5) is 24.4. The van der Waals surface area contributed by atoms with Gasteiger partial charge in [0.1, 0.15) is 18.1 Å². The smallest absolute Gasteiger partial charge is 0.487 e. The molecule has 0 atom stereocenters. The van der Waals surface area contributed by atoms with Crippen molar-refractivity contribution in [3.63, 3.8) is 0 Å². The Balaban J connectivity index is 1.45. The zero-order valence-electron chi connectivity index (χ0n) is 19.2. The van der Waals surface area contributed by atoms with E-state index in [1.54, 1.807) is 60.3 Å². The van der Waals surface area contributed by atoms with Crippen LogP contribution in [0.3, 0.4) is 0 Å². The molecule has 34 heavy (non-hydrogen) atoms. The molecule has 0 aliphatic carbocycles. The molecule has 0 unspecified atom stereocenters. The van der Waals surface area contributed by atoms with Gasteiger partial charge in [-0.25, -0.2) is 0 Å². The summed E-state index contributed by atoms with van der Waals surface area (Å²) in [7, 11) is 0.115. The van der Waals surface area contributed by atoms with Crippen molar-refractivity contribution in [3.8, 4) is 11.5 Å². The van der Waals surface area contributed by atoms with Crippen molar-refractivity contribution in [2.45, 2.75) is 11.3 Å². The second kappa shape index (κ2) is 10.8. The van der Waals surface area contributed by atoms with E-state index < -0.39 is 7.94 Å². The van der Waals surface area contributed by atoms with Crippen molar-refractivity contribution in [1.82, 2.24) is 4.90 Å². The molecule has 4 rings (SSSR count). The Labute approximate surface area is 205 Å². The number of hydrogen-bond donors (Lipinski definition) is 3. The van der Waals surface area contributed by atoms with Crippen molar-refractivity contribution >= 4 is 36.3 Å². The van der Waals surface area contributed by atoms with E-state index in [-0.39, 0.29) is 11.1 Å². The Bertz CT molecular complexity index is 1150. The zero-order valence-corrected chi connectivity index (χ0v) is 20.9. The molecule has 178 valence electrons. The molecule has 0 fully saturated rings. The van der Waals surface area contributed by atoms with E-state index in [0.29, 0.717) is 23.7 Å². The monoisotopic (exact) mass is 498 g/mol. The van der Waals surface area contributed by atoms with Crippen molar-refractivity contribution in [2.75, 3.05) is 33.0 Å². The molecule has 3 aromatic rings. The summed E-state index contributed by atoms with van der Waals surface area (Å²) < 4.78 is 11.2. The van der Waals surface area contributed by atoms with Crippen LogP contribution in [0.2, 0.25) is 0 Å². The van der Waals surface area contributed by atoms with E-state index in [4.69, 9.17) is 9.26 Å². The fourth-order valence-electron chi connectivity index (χ4n) is 3.62. The van der Waals surface area contributed by atoms with Crippen LogP contribution < -0.4 is 14.6 Å². The van der Waals surface area contributed by atoms with Gasteiger partial charge >= 0.3 is 7.94 Å². The lowest BCUT2D eigenvalue weighted by molar-refractivity contribution is 0.261. The third-order valence-corrected chi connectivity index (χ3v) is 7.96. The first-order valence-corrected chi connectivity index (χ1v) is 13.6. The highest BCUT2D eigenvalue weighted by molar-refractivity contribution is 7.99. The predicted octanol–water partition coefficient (Wildman–Crippen LogP) is 5.00. The van der Waals surface area contributed by atoms with Gasteiger partial charge in [-0.1, -0.05) is 18.2 Å². The Morgan fingerprint density at radius 1 is 0.941 bits per heavy atom. The molecule has 0 aromatic heterocycles. The van der Waals surface area contributed by atoms with E-state index in [9.17, 15) is 14.9 Å². The van der Waals surface area contributed by atoms with Crippen molar-refractivity contribution in [1.29, 1.82) is 0 Å². The molecule has 6 nitrogen and oxygen atoms in total.